The zero-order valence-electron chi connectivity index (χ0n) is 9.59. The van der Waals surface area contributed by atoms with Gasteiger partial charge in [-0.1, -0.05) is 5.16 Å². The number of nitrogens with two attached hydrogens (primary N) is 1. The Morgan fingerprint density at radius 2 is 2.47 bits per heavy atom. The van der Waals surface area contributed by atoms with E-state index in [0.717, 1.165) is 18.7 Å². The van der Waals surface area contributed by atoms with E-state index >= 15 is 0 Å². The van der Waals surface area contributed by atoms with Crippen LogP contribution in [0.15, 0.2) is 4.52 Å². The van der Waals surface area contributed by atoms with Gasteiger partial charge in [0.2, 0.25) is 5.89 Å². The highest BCUT2D eigenvalue weighted by Gasteiger charge is 2.28. The van der Waals surface area contributed by atoms with Crippen LogP contribution in [0.1, 0.15) is 30.5 Å². The summed E-state index contributed by atoms with van der Waals surface area (Å²) in [4.78, 5) is 15.3. The minimum Gasteiger partial charge on any atom is -0.468 e. The second-order valence-corrected chi connectivity index (χ2v) is 5.00. The number of carbonyl (C=O) groups excluding carboxylic acids is 1. The lowest BCUT2D eigenvalue weighted by atomic mass is 10.4. The molecule has 1 aliphatic carbocycles. The van der Waals surface area contributed by atoms with Crippen LogP contribution in [-0.4, -0.2) is 35.0 Å². The summed E-state index contributed by atoms with van der Waals surface area (Å²) in [6.07, 6.45) is 2.30. The maximum Gasteiger partial charge on any atom is 0.323 e. The minimum atomic E-state index is -0.601. The van der Waals surface area contributed by atoms with Gasteiger partial charge < -0.3 is 15.0 Å². The first-order valence-electron chi connectivity index (χ1n) is 5.44. The molecule has 0 radical (unpaired) electrons. The van der Waals surface area contributed by atoms with Crippen molar-refractivity contribution in [2.24, 2.45) is 5.73 Å². The number of ether oxygens (including phenoxy) is 1. The first-order valence-corrected chi connectivity index (χ1v) is 6.60. The Bertz CT molecular complexity index is 392. The molecular weight excluding hydrogens is 242 g/mol. The molecule has 0 spiro atoms. The molecular formula is C10H15N3O3S. The van der Waals surface area contributed by atoms with Crippen molar-refractivity contribution in [3.63, 3.8) is 0 Å². The standard InChI is InChI=1S/C10H15N3O3S/c1-15-10(14)7(11)4-17-5-8-12-9(13-16-8)6-2-3-6/h6-7H,2-5,11H2,1H3. The van der Waals surface area contributed by atoms with E-state index in [0.29, 0.717) is 23.3 Å². The lowest BCUT2D eigenvalue weighted by molar-refractivity contribution is -0.141. The fourth-order valence-electron chi connectivity index (χ4n) is 1.33. The number of aromatic nitrogens is 2. The van der Waals surface area contributed by atoms with Gasteiger partial charge in [0, 0.05) is 11.7 Å². The van der Waals surface area contributed by atoms with Gasteiger partial charge in [-0.25, -0.2) is 0 Å². The van der Waals surface area contributed by atoms with E-state index < -0.39 is 12.0 Å². The fourth-order valence-corrected chi connectivity index (χ4v) is 2.13. The van der Waals surface area contributed by atoms with Crippen molar-refractivity contribution < 1.29 is 14.1 Å². The summed E-state index contributed by atoms with van der Waals surface area (Å²) < 4.78 is 9.63. The molecule has 6 nitrogen and oxygen atoms in total. The Balaban J connectivity index is 1.72. The van der Waals surface area contributed by atoms with Gasteiger partial charge in [-0.15, -0.1) is 11.8 Å². The third-order valence-electron chi connectivity index (χ3n) is 2.45. The molecule has 1 aromatic heterocycles. The van der Waals surface area contributed by atoms with Gasteiger partial charge in [0.15, 0.2) is 5.82 Å². The van der Waals surface area contributed by atoms with Crippen molar-refractivity contribution in [3.8, 4) is 0 Å². The van der Waals surface area contributed by atoms with Crippen LogP contribution in [0, 0.1) is 0 Å². The number of rotatable bonds is 6. The second-order valence-electron chi connectivity index (χ2n) is 3.97. The quantitative estimate of drug-likeness (QED) is 0.749. The van der Waals surface area contributed by atoms with Crippen LogP contribution in [0.25, 0.3) is 0 Å². The fraction of sp³-hybridized carbons (Fsp3) is 0.700. The van der Waals surface area contributed by atoms with Crippen LogP contribution >= 0.6 is 11.8 Å². The number of methoxy groups -OCH3 is 1. The van der Waals surface area contributed by atoms with E-state index in [9.17, 15) is 4.79 Å². The molecule has 2 rings (SSSR count). The molecule has 1 aromatic rings. The number of hydrogen-bond donors (Lipinski definition) is 1. The monoisotopic (exact) mass is 257 g/mol. The van der Waals surface area contributed by atoms with Gasteiger partial charge in [0.05, 0.1) is 12.9 Å². The predicted molar refractivity (Wildman–Crippen MR) is 62.4 cm³/mol. The second kappa shape index (κ2) is 5.50. The highest BCUT2D eigenvalue weighted by molar-refractivity contribution is 7.98. The van der Waals surface area contributed by atoms with E-state index in [1.807, 2.05) is 0 Å². The topological polar surface area (TPSA) is 91.2 Å². The van der Waals surface area contributed by atoms with Crippen molar-refractivity contribution in [1.29, 1.82) is 0 Å². The molecule has 94 valence electrons. The maximum atomic E-state index is 11.0. The van der Waals surface area contributed by atoms with E-state index in [1.165, 1.54) is 18.9 Å². The van der Waals surface area contributed by atoms with Crippen LogP contribution in [-0.2, 0) is 15.3 Å². The summed E-state index contributed by atoms with van der Waals surface area (Å²) in [5.41, 5.74) is 5.59. The molecule has 1 heterocycles. The van der Waals surface area contributed by atoms with Gasteiger partial charge in [0.1, 0.15) is 6.04 Å². The molecule has 0 saturated heterocycles. The SMILES string of the molecule is COC(=O)C(N)CSCc1nc(C2CC2)no1. The van der Waals surface area contributed by atoms with E-state index in [1.54, 1.807) is 0 Å². The van der Waals surface area contributed by atoms with Crippen LogP contribution in [0.4, 0.5) is 0 Å². The number of hydrogen-bond acceptors (Lipinski definition) is 7. The lowest BCUT2D eigenvalue weighted by Gasteiger charge is -2.06. The number of esters is 1. The molecule has 0 aliphatic heterocycles. The Morgan fingerprint density at radius 3 is 3.12 bits per heavy atom. The Kier molecular flexibility index (Phi) is 4.01. The minimum absolute atomic E-state index is 0.401. The third kappa shape index (κ3) is 3.44. The predicted octanol–water partition coefficient (Wildman–Crippen LogP) is 0.680. The zero-order valence-corrected chi connectivity index (χ0v) is 10.4. The number of nitrogens with zero attached hydrogens (tertiary/aromatic N) is 2. The molecule has 0 aromatic carbocycles. The van der Waals surface area contributed by atoms with Crippen LogP contribution in [0.2, 0.25) is 0 Å². The zero-order chi connectivity index (χ0) is 12.3. The molecule has 2 N–H and O–H groups in total. The summed E-state index contributed by atoms with van der Waals surface area (Å²) >= 11 is 1.48. The highest BCUT2D eigenvalue weighted by Crippen LogP contribution is 2.38. The summed E-state index contributed by atoms with van der Waals surface area (Å²) in [6.45, 7) is 0. The van der Waals surface area contributed by atoms with Gasteiger partial charge in [-0.2, -0.15) is 4.98 Å². The highest BCUT2D eigenvalue weighted by atomic mass is 32.2. The molecule has 1 atom stereocenters. The Morgan fingerprint density at radius 1 is 1.71 bits per heavy atom. The van der Waals surface area contributed by atoms with Crippen molar-refractivity contribution in [3.05, 3.63) is 11.7 Å². The first-order chi connectivity index (χ1) is 8.20. The summed E-state index contributed by atoms with van der Waals surface area (Å²) in [6, 6.07) is -0.601. The maximum absolute atomic E-state index is 11.0. The van der Waals surface area contributed by atoms with Gasteiger partial charge in [0.25, 0.3) is 0 Å². The largest absolute Gasteiger partial charge is 0.468 e. The Labute approximate surface area is 103 Å². The smallest absolute Gasteiger partial charge is 0.323 e. The van der Waals surface area contributed by atoms with Gasteiger partial charge in [-0.3, -0.25) is 4.79 Å². The van der Waals surface area contributed by atoms with Gasteiger partial charge >= 0.3 is 5.97 Å². The molecule has 1 unspecified atom stereocenters. The Hall–Kier alpha value is -1.08. The average molecular weight is 257 g/mol. The third-order valence-corrected chi connectivity index (χ3v) is 3.50. The van der Waals surface area contributed by atoms with E-state index in [4.69, 9.17) is 10.3 Å². The molecule has 17 heavy (non-hydrogen) atoms. The molecule has 0 amide bonds. The number of carbonyl (C=O) groups is 1. The summed E-state index contributed by atoms with van der Waals surface area (Å²) in [7, 11) is 1.33. The molecule has 0 bridgehead atoms. The summed E-state index contributed by atoms with van der Waals surface area (Å²) in [5, 5.41) is 3.90. The van der Waals surface area contributed by atoms with Crippen molar-refractivity contribution in [1.82, 2.24) is 10.1 Å². The number of thioether (sulfide) groups is 1. The van der Waals surface area contributed by atoms with Crippen molar-refractivity contribution in [2.45, 2.75) is 30.6 Å². The van der Waals surface area contributed by atoms with Crippen molar-refractivity contribution >= 4 is 17.7 Å². The van der Waals surface area contributed by atoms with Crippen molar-refractivity contribution in [2.75, 3.05) is 12.9 Å². The summed E-state index contributed by atoms with van der Waals surface area (Å²) in [5.74, 6) is 2.54. The molecule has 1 fully saturated rings. The normalized spacial score (nSPS) is 16.8. The van der Waals surface area contributed by atoms with E-state index in [2.05, 4.69) is 14.9 Å². The van der Waals surface area contributed by atoms with Crippen LogP contribution in [0.5, 0.6) is 0 Å². The molecule has 1 aliphatic rings. The van der Waals surface area contributed by atoms with E-state index in [-0.39, 0.29) is 0 Å². The molecule has 7 heteroatoms. The van der Waals surface area contributed by atoms with Crippen LogP contribution < -0.4 is 5.73 Å². The molecule has 1 saturated carbocycles. The van der Waals surface area contributed by atoms with Crippen LogP contribution in [0.3, 0.4) is 0 Å². The lowest BCUT2D eigenvalue weighted by Crippen LogP contribution is -2.33. The first kappa shape index (κ1) is 12.4. The average Bonchev–Trinajstić information content (AvgIpc) is 3.08. The van der Waals surface area contributed by atoms with Gasteiger partial charge in [-0.05, 0) is 12.8 Å².